The molecule has 4 aromatic rings. The van der Waals surface area contributed by atoms with Gasteiger partial charge in [0.15, 0.2) is 0 Å². The fraction of sp³-hybridized carbons (Fsp3) is 0.120. The van der Waals surface area contributed by atoms with Gasteiger partial charge >= 0.3 is 0 Å². The first-order valence-corrected chi connectivity index (χ1v) is 10.5. The van der Waals surface area contributed by atoms with Crippen LogP contribution in [0.3, 0.4) is 0 Å². The molecule has 0 saturated heterocycles. The van der Waals surface area contributed by atoms with Gasteiger partial charge in [0.05, 0.1) is 31.3 Å². The first-order chi connectivity index (χ1) is 16.9. The average molecular weight is 475 g/mol. The van der Waals surface area contributed by atoms with Gasteiger partial charge in [-0.2, -0.15) is 0 Å². The molecule has 4 rings (SSSR count). The standard InChI is InChI=1S/C25H22FN5O4/c1-15-27-23(30-31(15)18-11-9-17(26)10-12-18)25(33)29-20-14-21(34-2)19(13-22(20)35-3)28-24(32)16-7-5-4-6-8-16/h4-14H,1-3H3,(H,28,32)(H,29,33). The van der Waals surface area contributed by atoms with Gasteiger partial charge in [0.2, 0.25) is 5.82 Å². The summed E-state index contributed by atoms with van der Waals surface area (Å²) in [7, 11) is 2.88. The molecule has 9 nitrogen and oxygen atoms in total. The molecular formula is C25H22FN5O4. The highest BCUT2D eigenvalue weighted by Gasteiger charge is 2.20. The first-order valence-electron chi connectivity index (χ1n) is 10.5. The highest BCUT2D eigenvalue weighted by atomic mass is 19.1. The highest BCUT2D eigenvalue weighted by Crippen LogP contribution is 2.37. The number of halogens is 1. The lowest BCUT2D eigenvalue weighted by Crippen LogP contribution is -2.16. The minimum absolute atomic E-state index is 0.0886. The molecule has 1 aromatic heterocycles. The van der Waals surface area contributed by atoms with E-state index in [1.54, 1.807) is 37.3 Å². The van der Waals surface area contributed by atoms with E-state index in [2.05, 4.69) is 20.7 Å². The van der Waals surface area contributed by atoms with Gasteiger partial charge < -0.3 is 20.1 Å². The Hall–Kier alpha value is -4.73. The van der Waals surface area contributed by atoms with E-state index in [4.69, 9.17) is 9.47 Å². The predicted octanol–water partition coefficient (Wildman–Crippen LogP) is 4.24. The molecule has 0 aliphatic carbocycles. The van der Waals surface area contributed by atoms with Gasteiger partial charge in [-0.05, 0) is 43.3 Å². The van der Waals surface area contributed by atoms with Crippen molar-refractivity contribution < 1.29 is 23.5 Å². The maximum Gasteiger partial charge on any atom is 0.295 e. The van der Waals surface area contributed by atoms with E-state index in [9.17, 15) is 14.0 Å². The molecular weight excluding hydrogens is 453 g/mol. The van der Waals surface area contributed by atoms with Crippen LogP contribution in [0.2, 0.25) is 0 Å². The monoisotopic (exact) mass is 475 g/mol. The molecule has 0 unspecified atom stereocenters. The predicted molar refractivity (Wildman–Crippen MR) is 128 cm³/mol. The lowest BCUT2D eigenvalue weighted by molar-refractivity contribution is 0.101. The van der Waals surface area contributed by atoms with Crippen molar-refractivity contribution in [1.29, 1.82) is 0 Å². The lowest BCUT2D eigenvalue weighted by Gasteiger charge is -2.16. The van der Waals surface area contributed by atoms with Crippen LogP contribution in [0.15, 0.2) is 66.7 Å². The summed E-state index contributed by atoms with van der Waals surface area (Å²) in [5.41, 5.74) is 1.70. The Morgan fingerprint density at radius 1 is 0.857 bits per heavy atom. The summed E-state index contributed by atoms with van der Waals surface area (Å²) in [6, 6.07) is 17.5. The van der Waals surface area contributed by atoms with Crippen LogP contribution in [0.5, 0.6) is 11.5 Å². The largest absolute Gasteiger partial charge is 0.494 e. The van der Waals surface area contributed by atoms with E-state index in [1.165, 1.54) is 49.2 Å². The Kier molecular flexibility index (Phi) is 6.72. The molecule has 178 valence electrons. The molecule has 10 heteroatoms. The van der Waals surface area contributed by atoms with Crippen molar-refractivity contribution >= 4 is 23.2 Å². The average Bonchev–Trinajstić information content (AvgIpc) is 3.27. The molecule has 0 radical (unpaired) electrons. The zero-order valence-corrected chi connectivity index (χ0v) is 19.2. The van der Waals surface area contributed by atoms with Crippen molar-refractivity contribution in [3.8, 4) is 17.2 Å². The molecule has 0 bridgehead atoms. The molecule has 0 fully saturated rings. The Labute approximate surface area is 200 Å². The lowest BCUT2D eigenvalue weighted by atomic mass is 10.2. The van der Waals surface area contributed by atoms with Crippen molar-refractivity contribution in [3.05, 3.63) is 89.8 Å². The van der Waals surface area contributed by atoms with Gasteiger partial charge in [-0.15, -0.1) is 5.10 Å². The summed E-state index contributed by atoms with van der Waals surface area (Å²) in [6.07, 6.45) is 0. The van der Waals surface area contributed by atoms with E-state index in [0.717, 1.165) is 0 Å². The second-order valence-electron chi connectivity index (χ2n) is 7.40. The van der Waals surface area contributed by atoms with Gasteiger partial charge in [-0.25, -0.2) is 14.1 Å². The fourth-order valence-corrected chi connectivity index (χ4v) is 3.37. The van der Waals surface area contributed by atoms with Gasteiger partial charge in [-0.1, -0.05) is 18.2 Å². The molecule has 2 amide bonds. The van der Waals surface area contributed by atoms with Crippen LogP contribution in [0, 0.1) is 12.7 Å². The summed E-state index contributed by atoms with van der Waals surface area (Å²) < 4.78 is 25.5. The van der Waals surface area contributed by atoms with E-state index < -0.39 is 5.91 Å². The molecule has 0 spiro atoms. The topological polar surface area (TPSA) is 107 Å². The Morgan fingerprint density at radius 2 is 1.43 bits per heavy atom. The van der Waals surface area contributed by atoms with Crippen LogP contribution in [0.1, 0.15) is 26.8 Å². The quantitative estimate of drug-likeness (QED) is 0.414. The van der Waals surface area contributed by atoms with Gasteiger partial charge in [-0.3, -0.25) is 9.59 Å². The third-order valence-electron chi connectivity index (χ3n) is 5.10. The summed E-state index contributed by atoms with van der Waals surface area (Å²) in [6.45, 7) is 1.68. The summed E-state index contributed by atoms with van der Waals surface area (Å²) >= 11 is 0. The van der Waals surface area contributed by atoms with Crippen molar-refractivity contribution in [2.24, 2.45) is 0 Å². The Bertz CT molecular complexity index is 1370. The van der Waals surface area contributed by atoms with Gasteiger partial charge in [0.1, 0.15) is 23.1 Å². The van der Waals surface area contributed by atoms with Crippen LogP contribution in [0.4, 0.5) is 15.8 Å². The Balaban J connectivity index is 1.58. The Morgan fingerprint density at radius 3 is 2.00 bits per heavy atom. The zero-order chi connectivity index (χ0) is 24.9. The minimum Gasteiger partial charge on any atom is -0.494 e. The molecule has 0 saturated carbocycles. The van der Waals surface area contributed by atoms with Crippen LogP contribution >= 0.6 is 0 Å². The highest BCUT2D eigenvalue weighted by molar-refractivity contribution is 6.06. The van der Waals surface area contributed by atoms with E-state index in [-0.39, 0.29) is 23.3 Å². The number of methoxy groups -OCH3 is 2. The minimum atomic E-state index is -0.588. The molecule has 3 aromatic carbocycles. The molecule has 0 aliphatic rings. The normalized spacial score (nSPS) is 10.5. The second kappa shape index (κ2) is 10.0. The molecule has 2 N–H and O–H groups in total. The SMILES string of the molecule is COc1cc(NC(=O)c2nc(C)n(-c3ccc(F)cc3)n2)c(OC)cc1NC(=O)c1ccccc1. The van der Waals surface area contributed by atoms with Crippen LogP contribution in [0.25, 0.3) is 5.69 Å². The van der Waals surface area contributed by atoms with Crippen LogP contribution < -0.4 is 20.1 Å². The number of amides is 2. The fourth-order valence-electron chi connectivity index (χ4n) is 3.37. The maximum absolute atomic E-state index is 13.2. The number of carbonyl (C=O) groups excluding carboxylic acids is 2. The number of nitrogens with one attached hydrogen (secondary N) is 2. The number of ether oxygens (including phenoxy) is 2. The molecule has 35 heavy (non-hydrogen) atoms. The number of aromatic nitrogens is 3. The van der Waals surface area contributed by atoms with Crippen molar-refractivity contribution in [1.82, 2.24) is 14.8 Å². The van der Waals surface area contributed by atoms with E-state index in [0.29, 0.717) is 34.2 Å². The first kappa shape index (κ1) is 23.4. The van der Waals surface area contributed by atoms with E-state index in [1.807, 2.05) is 6.07 Å². The third kappa shape index (κ3) is 5.11. The van der Waals surface area contributed by atoms with Crippen molar-refractivity contribution in [2.75, 3.05) is 24.9 Å². The number of nitrogens with zero attached hydrogens (tertiary/aromatic N) is 3. The smallest absolute Gasteiger partial charge is 0.295 e. The molecule has 0 aliphatic heterocycles. The van der Waals surface area contributed by atoms with Crippen LogP contribution in [-0.4, -0.2) is 40.8 Å². The van der Waals surface area contributed by atoms with Crippen molar-refractivity contribution in [2.45, 2.75) is 6.92 Å². The summed E-state index contributed by atoms with van der Waals surface area (Å²) in [5.74, 6) is -0.332. The number of rotatable bonds is 7. The number of carbonyl (C=O) groups is 2. The van der Waals surface area contributed by atoms with Crippen LogP contribution in [-0.2, 0) is 0 Å². The number of hydrogen-bond acceptors (Lipinski definition) is 6. The summed E-state index contributed by atoms with van der Waals surface area (Å²) in [5, 5.41) is 9.73. The van der Waals surface area contributed by atoms with Gasteiger partial charge in [0, 0.05) is 17.7 Å². The molecule has 1 heterocycles. The molecule has 0 atom stereocenters. The zero-order valence-electron chi connectivity index (χ0n) is 19.2. The van der Waals surface area contributed by atoms with Gasteiger partial charge in [0.25, 0.3) is 11.8 Å². The number of anilines is 2. The number of aryl methyl sites for hydroxylation is 1. The maximum atomic E-state index is 13.2. The second-order valence-corrected chi connectivity index (χ2v) is 7.40. The number of hydrogen-bond donors (Lipinski definition) is 2. The third-order valence-corrected chi connectivity index (χ3v) is 5.10. The van der Waals surface area contributed by atoms with E-state index >= 15 is 0 Å². The number of benzene rings is 3. The van der Waals surface area contributed by atoms with Crippen molar-refractivity contribution in [3.63, 3.8) is 0 Å². The summed E-state index contributed by atoms with van der Waals surface area (Å²) in [4.78, 5) is 29.7.